The van der Waals surface area contributed by atoms with Crippen molar-refractivity contribution in [3.63, 3.8) is 0 Å². The van der Waals surface area contributed by atoms with Crippen molar-refractivity contribution in [1.82, 2.24) is 0 Å². The number of rotatable bonds is 2. The van der Waals surface area contributed by atoms with Crippen molar-refractivity contribution in [2.24, 2.45) is 0 Å². The van der Waals surface area contributed by atoms with Gasteiger partial charge in [-0.15, -0.1) is 0 Å². The molecule has 0 aliphatic carbocycles. The van der Waals surface area contributed by atoms with Crippen molar-refractivity contribution in [3.8, 4) is 0 Å². The molecule has 2 aromatic rings. The van der Waals surface area contributed by atoms with Crippen LogP contribution in [0.15, 0.2) is 30.3 Å². The zero-order valence-electron chi connectivity index (χ0n) is 10.5. The summed E-state index contributed by atoms with van der Waals surface area (Å²) in [6.07, 6.45) is 0. The molecule has 2 rings (SSSR count). The Hall–Kier alpha value is -1.30. The van der Waals surface area contributed by atoms with Crippen molar-refractivity contribution in [1.29, 1.82) is 0 Å². The van der Waals surface area contributed by atoms with E-state index in [1.807, 2.05) is 6.07 Å². The normalized spacial score (nSPS) is 11.6. The van der Waals surface area contributed by atoms with Crippen LogP contribution in [0.5, 0.6) is 0 Å². The van der Waals surface area contributed by atoms with E-state index in [1.165, 1.54) is 21.9 Å². The first-order valence-corrected chi connectivity index (χ1v) is 6.04. The van der Waals surface area contributed by atoms with Crippen molar-refractivity contribution < 1.29 is 0 Å². The summed E-state index contributed by atoms with van der Waals surface area (Å²) < 4.78 is 0. The predicted octanol–water partition coefficient (Wildman–Crippen LogP) is 4.89. The van der Waals surface area contributed by atoms with Gasteiger partial charge in [-0.05, 0) is 45.9 Å². The van der Waals surface area contributed by atoms with Gasteiger partial charge in [0, 0.05) is 0 Å². The SMILES string of the molecule is CC(C)c1ccc(C(C)C)c2cc[c]cc12. The molecule has 1 radical (unpaired) electrons. The van der Waals surface area contributed by atoms with E-state index in [0.29, 0.717) is 11.8 Å². The highest BCUT2D eigenvalue weighted by Crippen LogP contribution is 2.31. The van der Waals surface area contributed by atoms with Crippen molar-refractivity contribution in [2.75, 3.05) is 0 Å². The minimum atomic E-state index is 0.569. The topological polar surface area (TPSA) is 0 Å². The van der Waals surface area contributed by atoms with Crippen LogP contribution in [0.1, 0.15) is 50.7 Å². The highest BCUT2D eigenvalue weighted by molar-refractivity contribution is 5.89. The molecular weight excluding hydrogens is 192 g/mol. The van der Waals surface area contributed by atoms with Crippen molar-refractivity contribution >= 4 is 10.8 Å². The monoisotopic (exact) mass is 211 g/mol. The van der Waals surface area contributed by atoms with E-state index in [-0.39, 0.29) is 0 Å². The average Bonchev–Trinajstić information content (AvgIpc) is 2.27. The molecule has 0 saturated carbocycles. The van der Waals surface area contributed by atoms with E-state index >= 15 is 0 Å². The Morgan fingerprint density at radius 3 is 1.94 bits per heavy atom. The van der Waals surface area contributed by atoms with E-state index in [2.05, 4.69) is 58.0 Å². The number of hydrogen-bond donors (Lipinski definition) is 0. The highest BCUT2D eigenvalue weighted by Gasteiger charge is 2.09. The van der Waals surface area contributed by atoms with Crippen LogP contribution in [-0.2, 0) is 0 Å². The van der Waals surface area contributed by atoms with Gasteiger partial charge in [0.15, 0.2) is 0 Å². The quantitative estimate of drug-likeness (QED) is 0.663. The predicted molar refractivity (Wildman–Crippen MR) is 71.0 cm³/mol. The Kier molecular flexibility index (Phi) is 3.00. The molecule has 0 atom stereocenters. The lowest BCUT2D eigenvalue weighted by Gasteiger charge is -2.15. The number of benzene rings is 2. The van der Waals surface area contributed by atoms with Gasteiger partial charge in [0.2, 0.25) is 0 Å². The zero-order chi connectivity index (χ0) is 11.7. The van der Waals surface area contributed by atoms with Crippen LogP contribution >= 0.6 is 0 Å². The van der Waals surface area contributed by atoms with Gasteiger partial charge < -0.3 is 0 Å². The molecular formula is C16H19. The van der Waals surface area contributed by atoms with E-state index < -0.39 is 0 Å². The molecule has 2 aromatic carbocycles. The summed E-state index contributed by atoms with van der Waals surface area (Å²) in [5.74, 6) is 1.14. The van der Waals surface area contributed by atoms with Gasteiger partial charge >= 0.3 is 0 Å². The van der Waals surface area contributed by atoms with E-state index in [1.54, 1.807) is 0 Å². The molecule has 0 spiro atoms. The Morgan fingerprint density at radius 2 is 1.38 bits per heavy atom. The second kappa shape index (κ2) is 4.29. The minimum Gasteiger partial charge on any atom is -0.0587 e. The molecule has 83 valence electrons. The van der Waals surface area contributed by atoms with Gasteiger partial charge in [0.1, 0.15) is 0 Å². The molecule has 0 heterocycles. The second-order valence-corrected chi connectivity index (χ2v) is 5.03. The standard InChI is InChI=1S/C16H19/c1-11(2)13-9-10-14(12(3)4)16-8-6-5-7-15(13)16/h5,7-12H,1-4H3. The van der Waals surface area contributed by atoms with Gasteiger partial charge in [-0.25, -0.2) is 0 Å². The summed E-state index contributed by atoms with van der Waals surface area (Å²) in [4.78, 5) is 0. The summed E-state index contributed by atoms with van der Waals surface area (Å²) >= 11 is 0. The fraction of sp³-hybridized carbons (Fsp3) is 0.375. The largest absolute Gasteiger partial charge is 0.0587 e. The first-order valence-electron chi connectivity index (χ1n) is 6.04. The summed E-state index contributed by atoms with van der Waals surface area (Å²) in [6.45, 7) is 8.99. The number of hydrogen-bond acceptors (Lipinski definition) is 0. The van der Waals surface area contributed by atoms with Crippen molar-refractivity contribution in [2.45, 2.75) is 39.5 Å². The van der Waals surface area contributed by atoms with Crippen LogP contribution < -0.4 is 0 Å². The second-order valence-electron chi connectivity index (χ2n) is 5.03. The lowest BCUT2D eigenvalue weighted by atomic mass is 9.89. The van der Waals surface area contributed by atoms with Gasteiger partial charge in [-0.3, -0.25) is 0 Å². The fourth-order valence-corrected chi connectivity index (χ4v) is 2.29. The molecule has 16 heavy (non-hydrogen) atoms. The smallest absolute Gasteiger partial charge is 0.0140 e. The lowest BCUT2D eigenvalue weighted by molar-refractivity contribution is 0.859. The van der Waals surface area contributed by atoms with Crippen LogP contribution in [0.2, 0.25) is 0 Å². The number of fused-ring (bicyclic) bond motifs is 1. The Labute approximate surface area is 98.3 Å². The maximum Gasteiger partial charge on any atom is -0.0140 e. The lowest BCUT2D eigenvalue weighted by Crippen LogP contribution is -1.95. The molecule has 0 heteroatoms. The Morgan fingerprint density at radius 1 is 0.812 bits per heavy atom. The molecule has 0 aliphatic rings. The highest BCUT2D eigenvalue weighted by atomic mass is 14.1. The minimum absolute atomic E-state index is 0.569. The fourth-order valence-electron chi connectivity index (χ4n) is 2.29. The van der Waals surface area contributed by atoms with Gasteiger partial charge in [-0.2, -0.15) is 0 Å². The molecule has 0 nitrogen and oxygen atoms in total. The van der Waals surface area contributed by atoms with Gasteiger partial charge in [0.25, 0.3) is 0 Å². The third kappa shape index (κ3) is 1.84. The first kappa shape index (κ1) is 11.2. The van der Waals surface area contributed by atoms with Crippen LogP contribution in [0.4, 0.5) is 0 Å². The summed E-state index contributed by atoms with van der Waals surface area (Å²) in [5, 5.41) is 2.75. The zero-order valence-corrected chi connectivity index (χ0v) is 10.5. The van der Waals surface area contributed by atoms with Gasteiger partial charge in [0.05, 0.1) is 0 Å². The van der Waals surface area contributed by atoms with Gasteiger partial charge in [-0.1, -0.05) is 52.0 Å². The maximum absolute atomic E-state index is 3.20. The molecule has 0 unspecified atom stereocenters. The average molecular weight is 211 g/mol. The molecule has 0 N–H and O–H groups in total. The molecule has 0 saturated heterocycles. The third-order valence-corrected chi connectivity index (χ3v) is 3.17. The Bertz CT molecular complexity index is 446. The Balaban J connectivity index is 2.77. The third-order valence-electron chi connectivity index (χ3n) is 3.17. The van der Waals surface area contributed by atoms with Crippen LogP contribution in [0.3, 0.4) is 0 Å². The van der Waals surface area contributed by atoms with Crippen LogP contribution in [0.25, 0.3) is 10.8 Å². The van der Waals surface area contributed by atoms with Crippen LogP contribution in [-0.4, -0.2) is 0 Å². The summed E-state index contributed by atoms with van der Waals surface area (Å²) in [5.41, 5.74) is 2.87. The van der Waals surface area contributed by atoms with E-state index in [0.717, 1.165) is 0 Å². The summed E-state index contributed by atoms with van der Waals surface area (Å²) in [6, 6.07) is 14.1. The molecule has 0 bridgehead atoms. The molecule has 0 aliphatic heterocycles. The van der Waals surface area contributed by atoms with E-state index in [9.17, 15) is 0 Å². The first-order chi connectivity index (χ1) is 7.61. The van der Waals surface area contributed by atoms with Crippen LogP contribution in [0, 0.1) is 6.07 Å². The molecule has 0 fully saturated rings. The molecule has 0 aromatic heterocycles. The maximum atomic E-state index is 3.20. The summed E-state index contributed by atoms with van der Waals surface area (Å²) in [7, 11) is 0. The molecule has 0 amide bonds. The van der Waals surface area contributed by atoms with Crippen molar-refractivity contribution in [3.05, 3.63) is 47.5 Å². The van der Waals surface area contributed by atoms with E-state index in [4.69, 9.17) is 0 Å².